The standard InChI is InChI=1S/C44H60N8O3/c1-6-44(24-32-8-7-9-33(21-32)25-44)13-12-41(53)45-14-15-50-16-18-51(19-17-50)40-11-10-34(26-46-40)35-22-36(38-28-48-52(29(2)3)39(38)23-35)42(54)47-27-37-30(4)20-31(5)49-43(37)55/h10-11,20,22-23,26,28-29,32-33H,6-9,12-19,21,24-25,27H2,1-5H3,(H,45,53)(H,47,54)(H,49,55). The lowest BCUT2D eigenvalue weighted by Crippen LogP contribution is -2.48. The molecule has 3 N–H and O–H groups in total. The highest BCUT2D eigenvalue weighted by Gasteiger charge is 2.41. The van der Waals surface area contributed by atoms with Crippen LogP contribution in [-0.4, -0.2) is 75.7 Å². The molecule has 0 spiro atoms. The van der Waals surface area contributed by atoms with Crippen molar-refractivity contribution in [2.24, 2.45) is 17.3 Å². The van der Waals surface area contributed by atoms with Gasteiger partial charge in [-0.05, 0) is 112 Å². The van der Waals surface area contributed by atoms with Gasteiger partial charge in [0.05, 0.1) is 17.3 Å². The Morgan fingerprint density at radius 2 is 1.75 bits per heavy atom. The number of aromatic amines is 1. The van der Waals surface area contributed by atoms with Crippen molar-refractivity contribution in [2.75, 3.05) is 44.2 Å². The first-order valence-corrected chi connectivity index (χ1v) is 20.7. The Morgan fingerprint density at radius 3 is 2.42 bits per heavy atom. The van der Waals surface area contributed by atoms with E-state index >= 15 is 0 Å². The number of piperazine rings is 1. The number of carbonyl (C=O) groups is 2. The Morgan fingerprint density at radius 1 is 0.982 bits per heavy atom. The van der Waals surface area contributed by atoms with Crippen LogP contribution in [0.4, 0.5) is 5.82 Å². The minimum Gasteiger partial charge on any atom is -0.355 e. The maximum atomic E-state index is 13.7. The molecule has 2 saturated carbocycles. The Bertz CT molecular complexity index is 2030. The number of aryl methyl sites for hydroxylation is 2. The molecule has 2 unspecified atom stereocenters. The second kappa shape index (κ2) is 16.7. The second-order valence-electron chi connectivity index (χ2n) is 17.0. The molecule has 3 fully saturated rings. The van der Waals surface area contributed by atoms with Crippen molar-refractivity contribution in [3.63, 3.8) is 0 Å². The third kappa shape index (κ3) is 8.82. The monoisotopic (exact) mass is 748 g/mol. The maximum Gasteiger partial charge on any atom is 0.253 e. The summed E-state index contributed by atoms with van der Waals surface area (Å²) in [5.41, 5.74) is 5.53. The van der Waals surface area contributed by atoms with Crippen molar-refractivity contribution in [1.29, 1.82) is 0 Å². The van der Waals surface area contributed by atoms with Gasteiger partial charge < -0.3 is 20.5 Å². The largest absolute Gasteiger partial charge is 0.355 e. The lowest BCUT2D eigenvalue weighted by Gasteiger charge is -2.47. The number of hydrogen-bond donors (Lipinski definition) is 3. The van der Waals surface area contributed by atoms with Crippen molar-refractivity contribution < 1.29 is 9.59 Å². The predicted octanol–water partition coefficient (Wildman–Crippen LogP) is 6.93. The summed E-state index contributed by atoms with van der Waals surface area (Å²) in [4.78, 5) is 51.6. The molecule has 4 heterocycles. The van der Waals surface area contributed by atoms with Crippen molar-refractivity contribution in [3.05, 3.63) is 75.5 Å². The number of H-pyrrole nitrogens is 1. The minimum atomic E-state index is -0.261. The molecule has 2 bridgehead atoms. The van der Waals surface area contributed by atoms with Gasteiger partial charge in [-0.1, -0.05) is 32.6 Å². The summed E-state index contributed by atoms with van der Waals surface area (Å²) in [7, 11) is 0. The van der Waals surface area contributed by atoms with Crippen LogP contribution in [0.1, 0.15) is 112 Å². The Hall–Kier alpha value is -4.51. The van der Waals surface area contributed by atoms with Crippen LogP contribution in [0.3, 0.4) is 0 Å². The Labute approximate surface area is 325 Å². The molecule has 1 aromatic carbocycles. The molecule has 2 amide bonds. The van der Waals surface area contributed by atoms with Gasteiger partial charge in [-0.15, -0.1) is 0 Å². The lowest BCUT2D eigenvalue weighted by molar-refractivity contribution is -0.122. The van der Waals surface area contributed by atoms with Crippen LogP contribution >= 0.6 is 0 Å². The van der Waals surface area contributed by atoms with Gasteiger partial charge in [0.1, 0.15) is 5.82 Å². The quantitative estimate of drug-likeness (QED) is 0.135. The van der Waals surface area contributed by atoms with E-state index in [2.05, 4.69) is 69.5 Å². The molecular weight excluding hydrogens is 689 g/mol. The molecule has 2 aliphatic carbocycles. The predicted molar refractivity (Wildman–Crippen MR) is 219 cm³/mol. The zero-order valence-corrected chi connectivity index (χ0v) is 33.5. The van der Waals surface area contributed by atoms with Gasteiger partial charge in [0.25, 0.3) is 11.5 Å². The SMILES string of the molecule is CCC1(CCC(=O)NCCN2CCN(c3ccc(-c4cc(C(=O)NCc5c(C)cc(C)[nH]c5=O)c5cnn(C(C)C)c5c4)cn3)CC2)CC2CCCC(C2)C1. The van der Waals surface area contributed by atoms with Crippen LogP contribution < -0.4 is 21.1 Å². The number of nitrogens with one attached hydrogen (secondary N) is 3. The van der Waals surface area contributed by atoms with Gasteiger partial charge in [-0.25, -0.2) is 4.98 Å². The van der Waals surface area contributed by atoms with Gasteiger partial charge in [-0.2, -0.15) is 5.10 Å². The van der Waals surface area contributed by atoms with Crippen LogP contribution in [0.5, 0.6) is 0 Å². The van der Waals surface area contributed by atoms with Crippen LogP contribution in [0, 0.1) is 31.1 Å². The minimum absolute atomic E-state index is 0.104. The fraction of sp³-hybridized carbons (Fsp3) is 0.568. The summed E-state index contributed by atoms with van der Waals surface area (Å²) in [5.74, 6) is 2.66. The highest BCUT2D eigenvalue weighted by molar-refractivity contribution is 6.08. The number of hydrogen-bond acceptors (Lipinski definition) is 7. The zero-order valence-electron chi connectivity index (χ0n) is 33.5. The van der Waals surface area contributed by atoms with Gasteiger partial charge >= 0.3 is 0 Å². The van der Waals surface area contributed by atoms with Crippen LogP contribution in [0.15, 0.2) is 47.5 Å². The molecule has 7 rings (SSSR count). The van der Waals surface area contributed by atoms with Crippen molar-refractivity contribution >= 4 is 28.5 Å². The molecule has 3 aliphatic rings. The summed E-state index contributed by atoms with van der Waals surface area (Å²) >= 11 is 0. The molecule has 11 heteroatoms. The molecule has 3 aromatic heterocycles. The maximum absolute atomic E-state index is 13.7. The van der Waals surface area contributed by atoms with E-state index in [1.807, 2.05) is 36.9 Å². The van der Waals surface area contributed by atoms with E-state index in [1.54, 1.807) is 6.20 Å². The fourth-order valence-electron chi connectivity index (χ4n) is 9.79. The zero-order chi connectivity index (χ0) is 38.7. The first kappa shape index (κ1) is 38.8. The van der Waals surface area contributed by atoms with E-state index in [0.717, 1.165) is 90.1 Å². The molecule has 55 heavy (non-hydrogen) atoms. The van der Waals surface area contributed by atoms with Crippen LogP contribution in [0.2, 0.25) is 0 Å². The molecule has 294 valence electrons. The van der Waals surface area contributed by atoms with Gasteiger partial charge in [0.15, 0.2) is 0 Å². The van der Waals surface area contributed by atoms with Crippen molar-refractivity contribution in [2.45, 2.75) is 105 Å². The van der Waals surface area contributed by atoms with Crippen LogP contribution in [0.25, 0.3) is 22.0 Å². The van der Waals surface area contributed by atoms with Crippen LogP contribution in [-0.2, 0) is 11.3 Å². The molecule has 1 aliphatic heterocycles. The summed E-state index contributed by atoms with van der Waals surface area (Å²) < 4.78 is 1.93. The molecule has 11 nitrogen and oxygen atoms in total. The third-order valence-electron chi connectivity index (χ3n) is 12.9. The number of nitrogens with zero attached hydrogens (tertiary/aromatic N) is 5. The number of amides is 2. The first-order valence-electron chi connectivity index (χ1n) is 20.7. The highest BCUT2D eigenvalue weighted by atomic mass is 16.2. The summed E-state index contributed by atoms with van der Waals surface area (Å²) in [6.45, 7) is 15.5. The van der Waals surface area contributed by atoms with E-state index in [0.29, 0.717) is 29.5 Å². The van der Waals surface area contributed by atoms with E-state index in [-0.39, 0.29) is 30.0 Å². The first-order chi connectivity index (χ1) is 26.5. The van der Waals surface area contributed by atoms with E-state index in [1.165, 1.54) is 44.9 Å². The number of fused-ring (bicyclic) bond motifs is 3. The Kier molecular flexibility index (Phi) is 11.8. The third-order valence-corrected chi connectivity index (χ3v) is 12.9. The van der Waals surface area contributed by atoms with E-state index < -0.39 is 0 Å². The normalized spacial score (nSPS) is 21.6. The van der Waals surface area contributed by atoms with E-state index in [9.17, 15) is 14.4 Å². The lowest BCUT2D eigenvalue weighted by atomic mass is 9.58. The topological polar surface area (TPSA) is 128 Å². The molecule has 0 radical (unpaired) electrons. The number of carbonyl (C=O) groups excluding carboxylic acids is 2. The van der Waals surface area contributed by atoms with Gasteiger partial charge in [-0.3, -0.25) is 24.0 Å². The summed E-state index contributed by atoms with van der Waals surface area (Å²) in [5, 5.41) is 11.6. The number of benzene rings is 1. The summed E-state index contributed by atoms with van der Waals surface area (Å²) in [6, 6.07) is 10.1. The average Bonchev–Trinajstić information content (AvgIpc) is 3.61. The van der Waals surface area contributed by atoms with E-state index in [4.69, 9.17) is 4.98 Å². The van der Waals surface area contributed by atoms with Gasteiger partial charge in [0, 0.05) is 86.7 Å². The van der Waals surface area contributed by atoms with Gasteiger partial charge in [0.2, 0.25) is 5.91 Å². The smallest absolute Gasteiger partial charge is 0.253 e. The Balaban J connectivity index is 0.933. The average molecular weight is 749 g/mol. The number of rotatable bonds is 13. The molecule has 4 aromatic rings. The molecule has 1 saturated heterocycles. The second-order valence-corrected chi connectivity index (χ2v) is 17.0. The van der Waals surface area contributed by atoms with Crippen molar-refractivity contribution in [3.8, 4) is 11.1 Å². The van der Waals surface area contributed by atoms with Crippen molar-refractivity contribution in [1.82, 2.24) is 35.3 Å². The highest BCUT2D eigenvalue weighted by Crippen LogP contribution is 2.52. The fourth-order valence-corrected chi connectivity index (χ4v) is 9.79. The summed E-state index contributed by atoms with van der Waals surface area (Å²) in [6.07, 6.45) is 14.8. The number of aromatic nitrogens is 4. The molecular formula is C44H60N8O3. The number of anilines is 1. The molecule has 2 atom stereocenters. The number of pyridine rings is 2.